The molecule has 1 aromatic carbocycles. The number of rotatable bonds is 3. The van der Waals surface area contributed by atoms with E-state index in [9.17, 15) is 4.79 Å². The molecule has 1 aliphatic carbocycles. The maximum atomic E-state index is 12.6. The van der Waals surface area contributed by atoms with Crippen LogP contribution in [0.15, 0.2) is 47.8 Å². The van der Waals surface area contributed by atoms with Gasteiger partial charge in [0.25, 0.3) is 5.56 Å². The predicted molar refractivity (Wildman–Crippen MR) is 109 cm³/mol. The van der Waals surface area contributed by atoms with Gasteiger partial charge in [-0.25, -0.2) is 9.97 Å². The van der Waals surface area contributed by atoms with Crippen LogP contribution in [0, 0.1) is 0 Å². The Morgan fingerprint density at radius 1 is 1.11 bits per heavy atom. The number of aromatic amines is 1. The Bertz CT molecular complexity index is 1180. The zero-order chi connectivity index (χ0) is 18.2. The summed E-state index contributed by atoms with van der Waals surface area (Å²) < 4.78 is 1.96. The minimum absolute atomic E-state index is 0.0190. The lowest BCUT2D eigenvalue weighted by atomic mass is 9.97. The molecule has 3 aromatic heterocycles. The van der Waals surface area contributed by atoms with Gasteiger partial charge < -0.3 is 9.55 Å². The molecule has 3 heterocycles. The summed E-state index contributed by atoms with van der Waals surface area (Å²) in [6, 6.07) is 8.14. The molecule has 0 aliphatic heterocycles. The van der Waals surface area contributed by atoms with Crippen molar-refractivity contribution in [2.45, 2.75) is 25.7 Å². The quantitative estimate of drug-likeness (QED) is 0.584. The standard InChI is InChI=1S/C21H18N4OS/c26-20-19-16-3-1-2-4-17(16)27-21(19)24-18(23-20)10-7-14-5-8-15(9-6-14)25-12-11-22-13-25/h5-13H,1-4H2,(H,23,24,26)/b10-7+. The van der Waals surface area contributed by atoms with Gasteiger partial charge in [-0.15, -0.1) is 11.3 Å². The number of nitrogens with one attached hydrogen (secondary N) is 1. The summed E-state index contributed by atoms with van der Waals surface area (Å²) in [7, 11) is 0. The molecule has 0 bridgehead atoms. The van der Waals surface area contributed by atoms with Gasteiger partial charge in [-0.2, -0.15) is 0 Å². The van der Waals surface area contributed by atoms with Gasteiger partial charge in [-0.05, 0) is 55.0 Å². The van der Waals surface area contributed by atoms with E-state index in [0.29, 0.717) is 5.82 Å². The Balaban J connectivity index is 1.45. The van der Waals surface area contributed by atoms with E-state index in [1.54, 1.807) is 23.9 Å². The van der Waals surface area contributed by atoms with Crippen molar-refractivity contribution < 1.29 is 0 Å². The van der Waals surface area contributed by atoms with Gasteiger partial charge in [-0.3, -0.25) is 4.79 Å². The van der Waals surface area contributed by atoms with Crippen molar-refractivity contribution in [2.75, 3.05) is 0 Å². The van der Waals surface area contributed by atoms with Crippen molar-refractivity contribution in [1.29, 1.82) is 0 Å². The van der Waals surface area contributed by atoms with E-state index in [4.69, 9.17) is 0 Å². The van der Waals surface area contributed by atoms with E-state index in [-0.39, 0.29) is 5.56 Å². The molecule has 0 unspecified atom stereocenters. The molecule has 5 nitrogen and oxygen atoms in total. The highest BCUT2D eigenvalue weighted by molar-refractivity contribution is 7.18. The van der Waals surface area contributed by atoms with Gasteiger partial charge in [0.2, 0.25) is 0 Å². The topological polar surface area (TPSA) is 63.6 Å². The molecule has 0 amide bonds. The average Bonchev–Trinajstić information content (AvgIpc) is 3.34. The smallest absolute Gasteiger partial charge is 0.260 e. The Labute approximate surface area is 160 Å². The largest absolute Gasteiger partial charge is 0.306 e. The summed E-state index contributed by atoms with van der Waals surface area (Å²) in [5.74, 6) is 0.602. The summed E-state index contributed by atoms with van der Waals surface area (Å²) in [5.41, 5.74) is 3.31. The minimum Gasteiger partial charge on any atom is -0.306 e. The number of nitrogens with zero attached hydrogens (tertiary/aromatic N) is 3. The molecule has 1 N–H and O–H groups in total. The molecule has 0 saturated heterocycles. The van der Waals surface area contributed by atoms with Gasteiger partial charge in [0.05, 0.1) is 11.7 Å². The lowest BCUT2D eigenvalue weighted by molar-refractivity contribution is 0.700. The van der Waals surface area contributed by atoms with Crippen LogP contribution in [0.2, 0.25) is 0 Å². The van der Waals surface area contributed by atoms with Gasteiger partial charge >= 0.3 is 0 Å². The molecular formula is C21H18N4OS. The normalized spacial score (nSPS) is 14.1. The molecule has 0 fully saturated rings. The van der Waals surface area contributed by atoms with Crippen molar-refractivity contribution in [3.63, 3.8) is 0 Å². The molecule has 4 aromatic rings. The second-order valence-electron chi connectivity index (χ2n) is 6.74. The summed E-state index contributed by atoms with van der Waals surface area (Å²) in [4.78, 5) is 26.5. The van der Waals surface area contributed by atoms with E-state index in [1.807, 2.05) is 47.2 Å². The Kier molecular flexibility index (Phi) is 3.98. The molecule has 0 atom stereocenters. The minimum atomic E-state index is -0.0190. The number of imidazole rings is 1. The zero-order valence-corrected chi connectivity index (χ0v) is 15.5. The van der Waals surface area contributed by atoms with Crippen LogP contribution in [0.4, 0.5) is 0 Å². The first-order valence-electron chi connectivity index (χ1n) is 9.09. The predicted octanol–water partition coefficient (Wildman–Crippen LogP) is 4.22. The zero-order valence-electron chi connectivity index (χ0n) is 14.7. The molecule has 1 aliphatic rings. The maximum absolute atomic E-state index is 12.6. The molecule has 0 radical (unpaired) electrons. The first-order valence-corrected chi connectivity index (χ1v) is 9.90. The van der Waals surface area contributed by atoms with Crippen molar-refractivity contribution in [3.8, 4) is 5.69 Å². The maximum Gasteiger partial charge on any atom is 0.260 e. The van der Waals surface area contributed by atoms with Crippen LogP contribution in [0.1, 0.15) is 34.7 Å². The van der Waals surface area contributed by atoms with Crippen LogP contribution in [-0.2, 0) is 12.8 Å². The van der Waals surface area contributed by atoms with Gasteiger partial charge in [-0.1, -0.05) is 18.2 Å². The number of fused-ring (bicyclic) bond motifs is 3. The van der Waals surface area contributed by atoms with Crippen LogP contribution in [0.3, 0.4) is 0 Å². The molecule has 0 saturated carbocycles. The van der Waals surface area contributed by atoms with E-state index in [2.05, 4.69) is 15.0 Å². The van der Waals surface area contributed by atoms with Gasteiger partial charge in [0.15, 0.2) is 0 Å². The first kappa shape index (κ1) is 16.2. The highest BCUT2D eigenvalue weighted by Crippen LogP contribution is 2.33. The number of hydrogen-bond donors (Lipinski definition) is 1. The number of aryl methyl sites for hydroxylation is 2. The van der Waals surface area contributed by atoms with Crippen molar-refractivity contribution >= 4 is 33.7 Å². The fourth-order valence-corrected chi connectivity index (χ4v) is 4.87. The summed E-state index contributed by atoms with van der Waals surface area (Å²) >= 11 is 1.68. The fraction of sp³-hybridized carbons (Fsp3) is 0.190. The number of thiophene rings is 1. The van der Waals surface area contributed by atoms with E-state index in [1.165, 1.54) is 16.9 Å². The van der Waals surface area contributed by atoms with Crippen LogP contribution in [0.25, 0.3) is 28.1 Å². The Morgan fingerprint density at radius 3 is 2.78 bits per heavy atom. The van der Waals surface area contributed by atoms with Crippen LogP contribution in [-0.4, -0.2) is 19.5 Å². The van der Waals surface area contributed by atoms with Gasteiger partial charge in [0, 0.05) is 23.0 Å². The molecule has 5 rings (SSSR count). The first-order chi connectivity index (χ1) is 13.3. The number of benzene rings is 1. The third-order valence-corrected chi connectivity index (χ3v) is 6.16. The van der Waals surface area contributed by atoms with Crippen molar-refractivity contribution in [1.82, 2.24) is 19.5 Å². The third kappa shape index (κ3) is 3.02. The summed E-state index contributed by atoms with van der Waals surface area (Å²) in [5, 5.41) is 0.802. The Hall–Kier alpha value is -2.99. The number of aromatic nitrogens is 4. The van der Waals surface area contributed by atoms with Crippen LogP contribution in [0.5, 0.6) is 0 Å². The number of hydrogen-bond acceptors (Lipinski definition) is 4. The lowest BCUT2D eigenvalue weighted by Crippen LogP contribution is -2.11. The second kappa shape index (κ2) is 6.63. The highest BCUT2D eigenvalue weighted by Gasteiger charge is 2.19. The lowest BCUT2D eigenvalue weighted by Gasteiger charge is -2.09. The summed E-state index contributed by atoms with van der Waals surface area (Å²) in [6.45, 7) is 0. The van der Waals surface area contributed by atoms with Crippen LogP contribution < -0.4 is 5.56 Å². The molecule has 0 spiro atoms. The van der Waals surface area contributed by atoms with E-state index >= 15 is 0 Å². The van der Waals surface area contributed by atoms with E-state index in [0.717, 1.165) is 40.7 Å². The monoisotopic (exact) mass is 374 g/mol. The Morgan fingerprint density at radius 2 is 1.96 bits per heavy atom. The van der Waals surface area contributed by atoms with Crippen molar-refractivity contribution in [3.05, 3.63) is 75.2 Å². The molecule has 27 heavy (non-hydrogen) atoms. The molecule has 6 heteroatoms. The van der Waals surface area contributed by atoms with Crippen molar-refractivity contribution in [2.24, 2.45) is 0 Å². The average molecular weight is 374 g/mol. The molecule has 134 valence electrons. The number of H-pyrrole nitrogens is 1. The highest BCUT2D eigenvalue weighted by atomic mass is 32.1. The van der Waals surface area contributed by atoms with Crippen LogP contribution >= 0.6 is 11.3 Å². The SMILES string of the molecule is O=c1[nH]c(/C=C/c2ccc(-n3ccnc3)cc2)nc2sc3c(c12)CCCC3. The molecular weight excluding hydrogens is 356 g/mol. The fourth-order valence-electron chi connectivity index (χ4n) is 3.60. The second-order valence-corrected chi connectivity index (χ2v) is 7.82. The van der Waals surface area contributed by atoms with Gasteiger partial charge in [0.1, 0.15) is 10.7 Å². The summed E-state index contributed by atoms with van der Waals surface area (Å²) in [6.07, 6.45) is 13.7. The van der Waals surface area contributed by atoms with E-state index < -0.39 is 0 Å². The third-order valence-electron chi connectivity index (χ3n) is 4.97.